The smallest absolute Gasteiger partial charge is 0.0474 e. The van der Waals surface area contributed by atoms with Crippen molar-refractivity contribution in [2.75, 3.05) is 33.6 Å². The Balaban J connectivity index is -0.0000000882. The van der Waals surface area contributed by atoms with Crippen LogP contribution in [0.25, 0.3) is 23.3 Å². The monoisotopic (exact) mass is 1850 g/mol. The van der Waals surface area contributed by atoms with E-state index in [1.165, 1.54) is 61.2 Å². The molecular weight excluding hydrogens is 1720 g/mol. The van der Waals surface area contributed by atoms with Gasteiger partial charge in [0, 0.05) is 56.1 Å². The summed E-state index contributed by atoms with van der Waals surface area (Å²) in [5.74, 6) is 3.39. The van der Waals surface area contributed by atoms with Crippen LogP contribution in [0.15, 0.2) is 343 Å². The van der Waals surface area contributed by atoms with Crippen LogP contribution in [0.4, 0.5) is 0 Å². The van der Waals surface area contributed by atoms with E-state index in [1.54, 1.807) is 18.2 Å². The summed E-state index contributed by atoms with van der Waals surface area (Å²) >= 11 is 42.2. The molecule has 0 unspecified atom stereocenters. The molecule has 8 aromatic rings. The van der Waals surface area contributed by atoms with Gasteiger partial charge >= 0.3 is 0 Å². The lowest BCUT2D eigenvalue weighted by molar-refractivity contribution is 1.41. The molecule has 0 spiro atoms. The molecule has 105 heavy (non-hydrogen) atoms. The fourth-order valence-corrected chi connectivity index (χ4v) is 6.00. The minimum atomic E-state index is 0.612. The first-order valence-electron chi connectivity index (χ1n) is 34.2. The number of hydrogen-bond donors (Lipinski definition) is 0. The molecule has 0 atom stereocenters. The highest BCUT2D eigenvalue weighted by Crippen LogP contribution is 2.10. The van der Waals surface area contributed by atoms with E-state index in [2.05, 4.69) is 194 Å². The van der Waals surface area contributed by atoms with Crippen LogP contribution in [0.3, 0.4) is 0 Å². The van der Waals surface area contributed by atoms with E-state index in [9.17, 15) is 0 Å². The number of alkyl halides is 10. The lowest BCUT2D eigenvalue weighted by Gasteiger charge is -1.94. The molecule has 0 aliphatic heterocycles. The Kier molecular flexibility index (Phi) is 145. The van der Waals surface area contributed by atoms with Gasteiger partial charge in [-0.05, 0) is 121 Å². The summed E-state index contributed by atoms with van der Waals surface area (Å²) in [5, 5.41) is 5.09. The van der Waals surface area contributed by atoms with E-state index in [4.69, 9.17) is 58.0 Å². The van der Waals surface area contributed by atoms with Crippen molar-refractivity contribution in [3.63, 3.8) is 0 Å². The number of halogens is 10. The molecule has 0 heterocycles. The zero-order chi connectivity index (χ0) is 83.4. The molecule has 0 radical (unpaired) electrons. The summed E-state index contributed by atoms with van der Waals surface area (Å²) in [5.41, 5.74) is 15.5. The molecule has 0 aliphatic rings. The Hall–Kier alpha value is -4.99. The van der Waals surface area contributed by atoms with Crippen molar-refractivity contribution in [2.45, 2.75) is 140 Å². The number of hydrogen-bond acceptors (Lipinski definition) is 0. The minimum absolute atomic E-state index is 0.612. The average Bonchev–Trinajstić information content (AvgIpc) is 1.12. The molecule has 8 aromatic carbocycles. The molecule has 0 fully saturated rings. The van der Waals surface area contributed by atoms with E-state index >= 15 is 0 Å². The van der Waals surface area contributed by atoms with E-state index < -0.39 is 0 Å². The lowest BCUT2D eigenvalue weighted by Crippen LogP contribution is -1.72. The van der Waals surface area contributed by atoms with Gasteiger partial charge in [-0.15, -0.1) is 97.5 Å². The largest absolute Gasteiger partial charge is 0.127 e. The highest BCUT2D eigenvalue weighted by atomic mass is 79.9. The third-order valence-electron chi connectivity index (χ3n) is 8.59. The Labute approximate surface area is 715 Å². The van der Waals surface area contributed by atoms with Gasteiger partial charge in [0.2, 0.25) is 0 Å². The SMILES string of the molecule is BrCc1ccccc1.BrCc1ccccc1.C=C(C)C.C=C(C)C.C=C(C)C.C=C(C)c1ccccc1.C=C(C)c1ccccc1.C=CC.C=CC.C=CC.C=Cc1ccccc1.C=Cc1ccccc1.CCBr.CCBr.CCBr.CCCl.CCCl.CCCl.ClCc1ccccc1.ClCc1ccccc1. The van der Waals surface area contributed by atoms with Gasteiger partial charge in [-0.2, -0.15) is 0 Å². The number of benzene rings is 8. The van der Waals surface area contributed by atoms with Crippen molar-refractivity contribution < 1.29 is 0 Å². The minimum Gasteiger partial charge on any atom is -0.127 e. The van der Waals surface area contributed by atoms with Crippen LogP contribution >= 0.6 is 138 Å². The molecule has 10 heteroatoms. The maximum atomic E-state index is 5.53. The van der Waals surface area contributed by atoms with Crippen LogP contribution in [0.5, 0.6) is 0 Å². The summed E-state index contributed by atoms with van der Waals surface area (Å²) < 4.78 is 0. The van der Waals surface area contributed by atoms with Crippen LogP contribution in [-0.2, 0) is 22.4 Å². The fourth-order valence-electron chi connectivity index (χ4n) is 4.89. The second kappa shape index (κ2) is 120. The van der Waals surface area contributed by atoms with Crippen LogP contribution in [-0.4, -0.2) is 33.6 Å². The molecule has 0 amide bonds. The molecule has 0 bridgehead atoms. The van der Waals surface area contributed by atoms with Gasteiger partial charge in [0.25, 0.3) is 0 Å². The van der Waals surface area contributed by atoms with Gasteiger partial charge in [-0.25, -0.2) is 0 Å². The Morgan fingerprint density at radius 1 is 0.276 bits per heavy atom. The highest BCUT2D eigenvalue weighted by molar-refractivity contribution is 9.09. The molecule has 0 saturated carbocycles. The third kappa shape index (κ3) is 149. The van der Waals surface area contributed by atoms with Gasteiger partial charge in [0.15, 0.2) is 0 Å². The number of allylic oxidation sites excluding steroid dienone is 8. The first-order chi connectivity index (χ1) is 50.1. The van der Waals surface area contributed by atoms with Crippen LogP contribution in [0, 0.1) is 0 Å². The molecule has 8 rings (SSSR count). The van der Waals surface area contributed by atoms with E-state index in [0.29, 0.717) is 11.8 Å². The Morgan fingerprint density at radius 3 is 0.476 bits per heavy atom. The molecular formula is C95H136Br5Cl5. The second-order valence-electron chi connectivity index (χ2n) is 20.4. The summed E-state index contributed by atoms with van der Waals surface area (Å²) in [6.07, 6.45) is 8.92. The Bertz CT molecular complexity index is 2630. The summed E-state index contributed by atoms with van der Waals surface area (Å²) in [4.78, 5) is 0. The van der Waals surface area contributed by atoms with Crippen molar-refractivity contribution in [1.29, 1.82) is 0 Å². The summed E-state index contributed by atoms with van der Waals surface area (Å²) in [7, 11) is 0. The van der Waals surface area contributed by atoms with Crippen molar-refractivity contribution >= 4 is 161 Å². The zero-order valence-electron chi connectivity index (χ0n) is 67.4. The highest BCUT2D eigenvalue weighted by Gasteiger charge is 1.88. The summed E-state index contributed by atoms with van der Waals surface area (Å²) in [6.45, 7) is 69.0. The summed E-state index contributed by atoms with van der Waals surface area (Å²) in [6, 6.07) is 80.9. The van der Waals surface area contributed by atoms with Crippen molar-refractivity contribution in [3.8, 4) is 0 Å². The van der Waals surface area contributed by atoms with Gasteiger partial charge in [0.1, 0.15) is 0 Å². The lowest BCUT2D eigenvalue weighted by atomic mass is 10.1. The molecule has 0 saturated heterocycles. The topological polar surface area (TPSA) is 0 Å². The van der Waals surface area contributed by atoms with Crippen molar-refractivity contribution in [1.82, 2.24) is 0 Å². The van der Waals surface area contributed by atoms with Crippen LogP contribution in [0.1, 0.15) is 162 Å². The van der Waals surface area contributed by atoms with E-state index in [1.807, 2.05) is 324 Å². The maximum absolute atomic E-state index is 5.53. The normalized spacial score (nSPS) is 7.76. The first kappa shape index (κ1) is 127. The quantitative estimate of drug-likeness (QED) is 0.105. The molecule has 0 N–H and O–H groups in total. The standard InChI is InChI=1S/2C9H10.2C8H8.2C7H7Br.2C7H7Cl.3C4H8.3C3H6.3C2H5Br.3C2H5Cl/c2*1-8(2)9-6-4-3-5-7-9;2*1-2-8-6-4-3-5-7-8;4*8-6-7-4-2-1-3-5-7;3*1-4(2)3;3*1-3-2;6*1-2-3/h2*3-7H,1H2,2H3;2*2-7H,1H2;4*1-5H,6H2;3*1H2,2-3H3;3*3H,1H2,2H3;6*2H2,1H3. The van der Waals surface area contributed by atoms with Gasteiger partial charge in [0.05, 0.1) is 0 Å². The van der Waals surface area contributed by atoms with Crippen molar-refractivity contribution in [3.05, 3.63) is 388 Å². The first-order valence-corrected chi connectivity index (χ1v) is 42.5. The molecule has 0 aliphatic carbocycles. The van der Waals surface area contributed by atoms with Crippen LogP contribution < -0.4 is 0 Å². The number of rotatable bonds is 8. The molecule has 586 valence electrons. The molecule has 0 aromatic heterocycles. The predicted molar refractivity (Wildman–Crippen MR) is 522 cm³/mol. The van der Waals surface area contributed by atoms with Gasteiger partial charge < -0.3 is 0 Å². The zero-order valence-corrected chi connectivity index (χ0v) is 79.1. The van der Waals surface area contributed by atoms with E-state index in [0.717, 1.165) is 55.4 Å². The third-order valence-corrected chi connectivity index (χ3v) is 10.5. The van der Waals surface area contributed by atoms with E-state index in [-0.39, 0.29) is 0 Å². The van der Waals surface area contributed by atoms with Gasteiger partial charge in [-0.3, -0.25) is 0 Å². The average molecular weight is 1850 g/mol. The fraction of sp³-hybridized carbons (Fsp3) is 0.284. The second-order valence-corrected chi connectivity index (χ2v) is 27.1. The van der Waals surface area contributed by atoms with Crippen molar-refractivity contribution in [2.24, 2.45) is 0 Å². The van der Waals surface area contributed by atoms with Gasteiger partial charge in [-0.1, -0.05) is 448 Å². The predicted octanol–water partition coefficient (Wildman–Crippen LogP) is 36.4. The van der Waals surface area contributed by atoms with Crippen LogP contribution in [0.2, 0.25) is 0 Å². The maximum Gasteiger partial charge on any atom is 0.0474 e. The molecule has 0 nitrogen and oxygen atoms in total. The Morgan fingerprint density at radius 2 is 0.400 bits per heavy atom.